The molecule has 0 aliphatic heterocycles. The third-order valence-corrected chi connectivity index (χ3v) is 2.91. The van der Waals surface area contributed by atoms with Gasteiger partial charge in [0.15, 0.2) is 0 Å². The summed E-state index contributed by atoms with van der Waals surface area (Å²) in [6.07, 6.45) is 0. The zero-order valence-corrected chi connectivity index (χ0v) is 11.4. The fourth-order valence-corrected chi connectivity index (χ4v) is 1.81. The lowest BCUT2D eigenvalue weighted by molar-refractivity contribution is 0.0963. The van der Waals surface area contributed by atoms with E-state index in [1.165, 1.54) is 25.2 Å². The lowest BCUT2D eigenvalue weighted by Gasteiger charge is -2.11. The van der Waals surface area contributed by atoms with Gasteiger partial charge < -0.3 is 15.8 Å². The van der Waals surface area contributed by atoms with Crippen molar-refractivity contribution >= 4 is 23.2 Å². The van der Waals surface area contributed by atoms with E-state index < -0.39 is 5.82 Å². The zero-order valence-electron chi connectivity index (χ0n) is 10.6. The van der Waals surface area contributed by atoms with Crippen LogP contribution < -0.4 is 15.8 Å². The van der Waals surface area contributed by atoms with E-state index in [0.29, 0.717) is 11.3 Å². The number of anilines is 1. The van der Waals surface area contributed by atoms with Crippen molar-refractivity contribution in [1.82, 2.24) is 5.32 Å². The topological polar surface area (TPSA) is 64.3 Å². The van der Waals surface area contributed by atoms with Crippen LogP contribution in [0.4, 0.5) is 10.1 Å². The standard InChI is InChI=1S/C14H12ClFN2O2/c1-18-14(19)8-2-4-13(11(17)6-8)20-12-5-3-9(16)7-10(12)15/h2-7H,17H2,1H3,(H,18,19). The molecular formula is C14H12ClFN2O2. The second-order valence-electron chi connectivity index (χ2n) is 4.01. The summed E-state index contributed by atoms with van der Waals surface area (Å²) in [6, 6.07) is 8.40. The number of nitrogen functional groups attached to an aromatic ring is 1. The fraction of sp³-hybridized carbons (Fsp3) is 0.0714. The number of halogens is 2. The molecule has 0 spiro atoms. The van der Waals surface area contributed by atoms with Crippen molar-refractivity contribution in [2.75, 3.05) is 12.8 Å². The van der Waals surface area contributed by atoms with Crippen LogP contribution in [-0.4, -0.2) is 13.0 Å². The van der Waals surface area contributed by atoms with Crippen molar-refractivity contribution < 1.29 is 13.9 Å². The van der Waals surface area contributed by atoms with Gasteiger partial charge in [-0.2, -0.15) is 0 Å². The summed E-state index contributed by atoms with van der Waals surface area (Å²) in [6.45, 7) is 0. The molecule has 0 aliphatic rings. The third kappa shape index (κ3) is 3.00. The Morgan fingerprint density at radius 2 is 1.95 bits per heavy atom. The molecule has 4 nitrogen and oxygen atoms in total. The highest BCUT2D eigenvalue weighted by Gasteiger charge is 2.10. The first-order chi connectivity index (χ1) is 9.51. The normalized spacial score (nSPS) is 10.2. The second kappa shape index (κ2) is 5.79. The van der Waals surface area contributed by atoms with Crippen LogP contribution in [0.3, 0.4) is 0 Å². The summed E-state index contributed by atoms with van der Waals surface area (Å²) in [5.74, 6) is -0.0769. The monoisotopic (exact) mass is 294 g/mol. The van der Waals surface area contributed by atoms with E-state index in [-0.39, 0.29) is 22.4 Å². The number of nitrogens with one attached hydrogen (secondary N) is 1. The van der Waals surface area contributed by atoms with E-state index in [1.807, 2.05) is 0 Å². The number of ether oxygens (including phenoxy) is 1. The molecule has 2 rings (SSSR count). The van der Waals surface area contributed by atoms with Crippen LogP contribution in [0.5, 0.6) is 11.5 Å². The van der Waals surface area contributed by atoms with Gasteiger partial charge in [-0.25, -0.2) is 4.39 Å². The SMILES string of the molecule is CNC(=O)c1ccc(Oc2ccc(F)cc2Cl)c(N)c1. The van der Waals surface area contributed by atoms with Gasteiger partial charge in [-0.1, -0.05) is 11.6 Å². The van der Waals surface area contributed by atoms with E-state index in [1.54, 1.807) is 12.1 Å². The Labute approximate surface area is 120 Å². The number of benzene rings is 2. The summed E-state index contributed by atoms with van der Waals surface area (Å²) in [5.41, 5.74) is 6.52. The van der Waals surface area contributed by atoms with Crippen molar-refractivity contribution in [3.05, 3.63) is 52.8 Å². The first-order valence-corrected chi connectivity index (χ1v) is 6.13. The Morgan fingerprint density at radius 1 is 1.25 bits per heavy atom. The molecule has 104 valence electrons. The number of hydrogen-bond acceptors (Lipinski definition) is 3. The molecule has 0 aliphatic carbocycles. The second-order valence-corrected chi connectivity index (χ2v) is 4.42. The van der Waals surface area contributed by atoms with E-state index in [9.17, 15) is 9.18 Å². The molecule has 0 unspecified atom stereocenters. The molecule has 1 amide bonds. The number of hydrogen-bond donors (Lipinski definition) is 2. The van der Waals surface area contributed by atoms with Gasteiger partial charge >= 0.3 is 0 Å². The summed E-state index contributed by atoms with van der Waals surface area (Å²) in [4.78, 5) is 11.5. The van der Waals surface area contributed by atoms with Crippen LogP contribution in [0.1, 0.15) is 10.4 Å². The molecule has 6 heteroatoms. The number of carbonyl (C=O) groups is 1. The van der Waals surface area contributed by atoms with E-state index in [4.69, 9.17) is 22.1 Å². The molecule has 0 atom stereocenters. The largest absolute Gasteiger partial charge is 0.454 e. The Morgan fingerprint density at radius 3 is 2.55 bits per heavy atom. The minimum atomic E-state index is -0.453. The molecule has 2 aromatic carbocycles. The fourth-order valence-electron chi connectivity index (χ4n) is 1.60. The smallest absolute Gasteiger partial charge is 0.251 e. The molecule has 0 heterocycles. The molecule has 0 fully saturated rings. The van der Waals surface area contributed by atoms with Crippen LogP contribution >= 0.6 is 11.6 Å². The summed E-state index contributed by atoms with van der Waals surface area (Å²) < 4.78 is 18.4. The number of amides is 1. The highest BCUT2D eigenvalue weighted by atomic mass is 35.5. The highest BCUT2D eigenvalue weighted by Crippen LogP contribution is 2.33. The molecule has 3 N–H and O–H groups in total. The molecule has 0 radical (unpaired) electrons. The summed E-state index contributed by atoms with van der Waals surface area (Å²) in [7, 11) is 1.53. The number of carbonyl (C=O) groups excluding carboxylic acids is 1. The Hall–Kier alpha value is -2.27. The molecular weight excluding hydrogens is 283 g/mol. The quantitative estimate of drug-likeness (QED) is 0.854. The van der Waals surface area contributed by atoms with Crippen LogP contribution in [-0.2, 0) is 0 Å². The van der Waals surface area contributed by atoms with Crippen molar-refractivity contribution in [3.63, 3.8) is 0 Å². The van der Waals surface area contributed by atoms with E-state index in [0.717, 1.165) is 6.07 Å². The van der Waals surface area contributed by atoms with Gasteiger partial charge in [-0.3, -0.25) is 4.79 Å². The molecule has 0 saturated carbocycles. The Kier molecular flexibility index (Phi) is 4.10. The minimum Gasteiger partial charge on any atom is -0.454 e. The molecule has 0 bridgehead atoms. The number of rotatable bonds is 3. The van der Waals surface area contributed by atoms with E-state index in [2.05, 4.69) is 5.32 Å². The van der Waals surface area contributed by atoms with Crippen molar-refractivity contribution in [3.8, 4) is 11.5 Å². The van der Waals surface area contributed by atoms with Gasteiger partial charge in [0.1, 0.15) is 17.3 Å². The lowest BCUT2D eigenvalue weighted by Crippen LogP contribution is -2.17. The maximum absolute atomic E-state index is 12.9. The first-order valence-electron chi connectivity index (χ1n) is 5.76. The van der Waals surface area contributed by atoms with Crippen LogP contribution in [0, 0.1) is 5.82 Å². The summed E-state index contributed by atoms with van der Waals surface area (Å²) in [5, 5.41) is 2.63. The van der Waals surface area contributed by atoms with Gasteiger partial charge in [-0.05, 0) is 36.4 Å². The maximum atomic E-state index is 12.9. The highest BCUT2D eigenvalue weighted by molar-refractivity contribution is 6.32. The zero-order chi connectivity index (χ0) is 14.7. The van der Waals surface area contributed by atoms with Gasteiger partial charge in [0.25, 0.3) is 5.91 Å². The average molecular weight is 295 g/mol. The van der Waals surface area contributed by atoms with Gasteiger partial charge in [-0.15, -0.1) is 0 Å². The Bertz CT molecular complexity index is 662. The third-order valence-electron chi connectivity index (χ3n) is 2.61. The lowest BCUT2D eigenvalue weighted by atomic mass is 10.2. The Balaban J connectivity index is 2.28. The van der Waals surface area contributed by atoms with Crippen LogP contribution in [0.2, 0.25) is 5.02 Å². The first kappa shape index (κ1) is 14.1. The maximum Gasteiger partial charge on any atom is 0.251 e. The molecule has 20 heavy (non-hydrogen) atoms. The predicted molar refractivity (Wildman–Crippen MR) is 75.7 cm³/mol. The van der Waals surface area contributed by atoms with Crippen molar-refractivity contribution in [2.24, 2.45) is 0 Å². The van der Waals surface area contributed by atoms with Crippen LogP contribution in [0.25, 0.3) is 0 Å². The van der Waals surface area contributed by atoms with Gasteiger partial charge in [0.2, 0.25) is 0 Å². The van der Waals surface area contributed by atoms with E-state index >= 15 is 0 Å². The van der Waals surface area contributed by atoms with Crippen molar-refractivity contribution in [1.29, 1.82) is 0 Å². The average Bonchev–Trinajstić information content (AvgIpc) is 2.42. The van der Waals surface area contributed by atoms with Gasteiger partial charge in [0.05, 0.1) is 10.7 Å². The van der Waals surface area contributed by atoms with Crippen LogP contribution in [0.15, 0.2) is 36.4 Å². The molecule has 0 aromatic heterocycles. The number of nitrogens with two attached hydrogens (primary N) is 1. The molecule has 0 saturated heterocycles. The predicted octanol–water partition coefficient (Wildman–Crippen LogP) is 3.21. The van der Waals surface area contributed by atoms with Gasteiger partial charge in [0, 0.05) is 12.6 Å². The van der Waals surface area contributed by atoms with Crippen molar-refractivity contribution in [2.45, 2.75) is 0 Å². The minimum absolute atomic E-state index is 0.139. The summed E-state index contributed by atoms with van der Waals surface area (Å²) >= 11 is 5.87. The molecule has 2 aromatic rings.